The van der Waals surface area contributed by atoms with Crippen LogP contribution < -0.4 is 9.80 Å². The van der Waals surface area contributed by atoms with E-state index in [0.29, 0.717) is 31.9 Å². The number of nitrogens with one attached hydrogen (secondary N) is 1. The van der Waals surface area contributed by atoms with Crippen molar-refractivity contribution < 1.29 is 13.2 Å². The molecule has 1 saturated heterocycles. The summed E-state index contributed by atoms with van der Waals surface area (Å²) in [6, 6.07) is 3.94. The van der Waals surface area contributed by atoms with E-state index in [1.54, 1.807) is 9.80 Å². The van der Waals surface area contributed by atoms with Gasteiger partial charge in [-0.2, -0.15) is 23.4 Å². The fraction of sp³-hybridized carbons (Fsp3) is 0.500. The molecular weight excluding hydrogens is 347 g/mol. The van der Waals surface area contributed by atoms with Gasteiger partial charge in [-0.15, -0.1) is 5.10 Å². The van der Waals surface area contributed by atoms with E-state index < -0.39 is 11.9 Å². The van der Waals surface area contributed by atoms with Gasteiger partial charge in [0.15, 0.2) is 0 Å². The minimum atomic E-state index is -4.54. The van der Waals surface area contributed by atoms with Crippen LogP contribution in [0.5, 0.6) is 0 Å². The van der Waals surface area contributed by atoms with E-state index in [1.165, 1.54) is 6.07 Å². The maximum absolute atomic E-state index is 12.9. The van der Waals surface area contributed by atoms with Crippen molar-refractivity contribution in [2.24, 2.45) is 0 Å². The number of hydrogen-bond acceptors (Lipinski definition) is 6. The third-order valence-corrected chi connectivity index (χ3v) is 4.36. The minimum absolute atomic E-state index is 0.0901. The zero-order valence-corrected chi connectivity index (χ0v) is 14.4. The van der Waals surface area contributed by atoms with Gasteiger partial charge in [-0.1, -0.05) is 0 Å². The van der Waals surface area contributed by atoms with Gasteiger partial charge in [0.05, 0.1) is 5.56 Å². The zero-order valence-electron chi connectivity index (χ0n) is 14.4. The van der Waals surface area contributed by atoms with Crippen molar-refractivity contribution in [3.63, 3.8) is 0 Å². The van der Waals surface area contributed by atoms with Crippen molar-refractivity contribution in [2.45, 2.75) is 24.9 Å². The Bertz CT molecular complexity index is 814. The summed E-state index contributed by atoms with van der Waals surface area (Å²) < 4.78 is 38.8. The number of alkyl halides is 3. The molecule has 0 atom stereocenters. The molecule has 2 aromatic rings. The van der Waals surface area contributed by atoms with Crippen molar-refractivity contribution in [2.75, 3.05) is 37.0 Å². The zero-order chi connectivity index (χ0) is 18.9. The minimum Gasteiger partial charge on any atom is -0.355 e. The Morgan fingerprint density at radius 2 is 1.92 bits per heavy atom. The number of nitriles is 1. The Kier molecular flexibility index (Phi) is 4.71. The van der Waals surface area contributed by atoms with Crippen molar-refractivity contribution in [1.29, 1.82) is 5.26 Å². The van der Waals surface area contributed by atoms with E-state index in [1.807, 2.05) is 20.2 Å². The number of halogens is 3. The van der Waals surface area contributed by atoms with Crippen LogP contribution in [0.25, 0.3) is 0 Å². The van der Waals surface area contributed by atoms with E-state index in [0.717, 1.165) is 11.9 Å². The summed E-state index contributed by atoms with van der Waals surface area (Å²) in [4.78, 5) is 11.7. The van der Waals surface area contributed by atoms with Crippen molar-refractivity contribution in [3.8, 4) is 6.07 Å². The fourth-order valence-corrected chi connectivity index (χ4v) is 2.95. The average molecular weight is 365 g/mol. The highest BCUT2D eigenvalue weighted by Crippen LogP contribution is 2.33. The molecule has 1 aliphatic rings. The highest BCUT2D eigenvalue weighted by molar-refractivity contribution is 5.55. The van der Waals surface area contributed by atoms with Crippen LogP contribution >= 0.6 is 0 Å². The van der Waals surface area contributed by atoms with Gasteiger partial charge in [-0.05, 0) is 25.0 Å². The normalized spacial score (nSPS) is 15.8. The molecule has 138 valence electrons. The summed E-state index contributed by atoms with van der Waals surface area (Å²) in [5.74, 6) is 1.59. The Labute approximate surface area is 148 Å². The first kappa shape index (κ1) is 18.0. The number of aromatic amines is 1. The van der Waals surface area contributed by atoms with Gasteiger partial charge in [0.25, 0.3) is 0 Å². The lowest BCUT2D eigenvalue weighted by atomic mass is 9.96. The van der Waals surface area contributed by atoms with Gasteiger partial charge >= 0.3 is 6.18 Å². The molecule has 1 N–H and O–H groups in total. The second kappa shape index (κ2) is 6.82. The van der Waals surface area contributed by atoms with Gasteiger partial charge in [-0.3, -0.25) is 5.10 Å². The summed E-state index contributed by atoms with van der Waals surface area (Å²) in [7, 11) is 3.69. The number of hydrogen-bond donors (Lipinski definition) is 1. The maximum Gasteiger partial charge on any atom is 0.433 e. The summed E-state index contributed by atoms with van der Waals surface area (Å²) in [5.41, 5.74) is -0.842. The number of pyridine rings is 1. The highest BCUT2D eigenvalue weighted by Gasteiger charge is 2.34. The van der Waals surface area contributed by atoms with Crippen LogP contribution in [-0.4, -0.2) is 47.4 Å². The van der Waals surface area contributed by atoms with Gasteiger partial charge in [0, 0.05) is 33.1 Å². The predicted molar refractivity (Wildman–Crippen MR) is 88.9 cm³/mol. The second-order valence-electron chi connectivity index (χ2n) is 6.35. The van der Waals surface area contributed by atoms with E-state index in [4.69, 9.17) is 0 Å². The second-order valence-corrected chi connectivity index (χ2v) is 6.35. The predicted octanol–water partition coefficient (Wildman–Crippen LogP) is 2.54. The smallest absolute Gasteiger partial charge is 0.355 e. The molecule has 1 aliphatic heterocycles. The molecule has 0 amide bonds. The molecule has 0 bridgehead atoms. The molecule has 0 unspecified atom stereocenters. The molecule has 0 aliphatic carbocycles. The van der Waals surface area contributed by atoms with Crippen LogP contribution in [0.4, 0.5) is 24.9 Å². The average Bonchev–Trinajstić information content (AvgIpc) is 3.11. The van der Waals surface area contributed by atoms with Gasteiger partial charge in [0.2, 0.25) is 5.95 Å². The van der Waals surface area contributed by atoms with Crippen LogP contribution in [0.1, 0.15) is 35.8 Å². The van der Waals surface area contributed by atoms with Gasteiger partial charge in [-0.25, -0.2) is 4.98 Å². The standard InChI is InChI=1S/C16H18F3N7/c1-25(2)15-22-13(23-24-15)10-5-7-26(8-6-10)14-11(9-20)3-4-12(21-14)16(17,18)19/h3-4,10H,5-8H2,1-2H3,(H,22,23,24). The quantitative estimate of drug-likeness (QED) is 0.900. The lowest BCUT2D eigenvalue weighted by Gasteiger charge is -2.32. The molecule has 26 heavy (non-hydrogen) atoms. The Morgan fingerprint density at radius 3 is 2.46 bits per heavy atom. The number of nitrogens with zero attached hydrogens (tertiary/aromatic N) is 6. The topological polar surface area (TPSA) is 84.7 Å². The number of piperidine rings is 1. The van der Waals surface area contributed by atoms with E-state index in [9.17, 15) is 18.4 Å². The molecule has 0 spiro atoms. The molecule has 2 aromatic heterocycles. The van der Waals surface area contributed by atoms with Gasteiger partial charge < -0.3 is 9.80 Å². The fourth-order valence-electron chi connectivity index (χ4n) is 2.95. The first-order valence-electron chi connectivity index (χ1n) is 8.12. The van der Waals surface area contributed by atoms with Crippen LogP contribution in [0.15, 0.2) is 12.1 Å². The largest absolute Gasteiger partial charge is 0.433 e. The number of H-pyrrole nitrogens is 1. The third-order valence-electron chi connectivity index (χ3n) is 4.36. The number of aromatic nitrogens is 4. The molecule has 0 radical (unpaired) electrons. The SMILES string of the molecule is CN(C)c1n[nH]c(C2CCN(c3nc(C(F)(F)F)ccc3C#N)CC2)n1. The number of rotatable bonds is 3. The van der Waals surface area contributed by atoms with Crippen molar-refractivity contribution in [1.82, 2.24) is 20.2 Å². The lowest BCUT2D eigenvalue weighted by Crippen LogP contribution is -2.34. The summed E-state index contributed by atoms with van der Waals surface area (Å²) in [6.07, 6.45) is -3.17. The van der Waals surface area contributed by atoms with Crippen molar-refractivity contribution >= 4 is 11.8 Å². The monoisotopic (exact) mass is 365 g/mol. The molecule has 7 nitrogen and oxygen atoms in total. The Hall–Kier alpha value is -2.83. The molecular formula is C16H18F3N7. The van der Waals surface area contributed by atoms with Crippen LogP contribution in [0.2, 0.25) is 0 Å². The molecule has 3 rings (SSSR count). The third kappa shape index (κ3) is 3.56. The van der Waals surface area contributed by atoms with Crippen LogP contribution in [0, 0.1) is 11.3 Å². The van der Waals surface area contributed by atoms with E-state index in [2.05, 4.69) is 20.2 Å². The first-order chi connectivity index (χ1) is 12.3. The maximum atomic E-state index is 12.9. The van der Waals surface area contributed by atoms with Crippen LogP contribution in [-0.2, 0) is 6.18 Å². The molecule has 0 saturated carbocycles. The summed E-state index contributed by atoms with van der Waals surface area (Å²) in [6.45, 7) is 0.983. The molecule has 0 aromatic carbocycles. The van der Waals surface area contributed by atoms with Gasteiger partial charge in [0.1, 0.15) is 23.4 Å². The number of anilines is 2. The molecule has 3 heterocycles. The van der Waals surface area contributed by atoms with E-state index in [-0.39, 0.29) is 17.3 Å². The Morgan fingerprint density at radius 1 is 1.23 bits per heavy atom. The van der Waals surface area contributed by atoms with E-state index >= 15 is 0 Å². The van der Waals surface area contributed by atoms with Crippen LogP contribution in [0.3, 0.4) is 0 Å². The highest BCUT2D eigenvalue weighted by atomic mass is 19.4. The first-order valence-corrected chi connectivity index (χ1v) is 8.12. The molecule has 10 heteroatoms. The lowest BCUT2D eigenvalue weighted by molar-refractivity contribution is -0.141. The Balaban J connectivity index is 1.76. The molecule has 1 fully saturated rings. The van der Waals surface area contributed by atoms with Crippen molar-refractivity contribution in [3.05, 3.63) is 29.2 Å². The summed E-state index contributed by atoms with van der Waals surface area (Å²) in [5, 5.41) is 16.3. The summed E-state index contributed by atoms with van der Waals surface area (Å²) >= 11 is 0.